The molecule has 14 heavy (non-hydrogen) atoms. The molecule has 2 unspecified atom stereocenters. The van der Waals surface area contributed by atoms with Crippen molar-refractivity contribution in [2.45, 2.75) is 50.0 Å². The maximum absolute atomic E-state index is 9.74. The highest BCUT2D eigenvalue weighted by molar-refractivity contribution is 4.94. The van der Waals surface area contributed by atoms with E-state index >= 15 is 0 Å². The van der Waals surface area contributed by atoms with Crippen LogP contribution in [0.2, 0.25) is 0 Å². The van der Waals surface area contributed by atoms with E-state index in [4.69, 9.17) is 5.11 Å². The molecule has 3 N–H and O–H groups in total. The van der Waals surface area contributed by atoms with E-state index in [2.05, 4.69) is 4.90 Å². The van der Waals surface area contributed by atoms with Crippen molar-refractivity contribution in [3.8, 4) is 0 Å². The molecule has 2 fully saturated rings. The lowest BCUT2D eigenvalue weighted by Crippen LogP contribution is -2.45. The van der Waals surface area contributed by atoms with E-state index < -0.39 is 0 Å². The number of hydrogen-bond acceptors (Lipinski definition) is 4. The molecule has 4 nitrogen and oxygen atoms in total. The number of likely N-dealkylation sites (tertiary alicyclic amines) is 1. The van der Waals surface area contributed by atoms with Gasteiger partial charge < -0.3 is 15.3 Å². The molecule has 1 aliphatic heterocycles. The number of nitrogens with zero attached hydrogens (tertiary/aromatic N) is 1. The van der Waals surface area contributed by atoms with E-state index in [-0.39, 0.29) is 30.9 Å². The van der Waals surface area contributed by atoms with Crippen LogP contribution in [0.3, 0.4) is 0 Å². The zero-order valence-electron chi connectivity index (χ0n) is 8.34. The Labute approximate surface area is 84.2 Å². The SMILES string of the molecule is OCC1CC(O)CN1[C@H]1CCC[C@@H]1O. The highest BCUT2D eigenvalue weighted by atomic mass is 16.3. The Bertz CT molecular complexity index is 200. The number of rotatable bonds is 2. The van der Waals surface area contributed by atoms with Crippen LogP contribution >= 0.6 is 0 Å². The van der Waals surface area contributed by atoms with Gasteiger partial charge in [0.05, 0.1) is 18.8 Å². The van der Waals surface area contributed by atoms with E-state index in [0.717, 1.165) is 19.3 Å². The molecule has 2 aliphatic rings. The molecule has 0 amide bonds. The molecule has 2 rings (SSSR count). The van der Waals surface area contributed by atoms with Gasteiger partial charge >= 0.3 is 0 Å². The van der Waals surface area contributed by atoms with Crippen LogP contribution in [0.15, 0.2) is 0 Å². The Morgan fingerprint density at radius 1 is 1.21 bits per heavy atom. The second-order valence-corrected chi connectivity index (χ2v) is 4.49. The van der Waals surface area contributed by atoms with Gasteiger partial charge in [0.2, 0.25) is 0 Å². The van der Waals surface area contributed by atoms with Gasteiger partial charge in [-0.1, -0.05) is 0 Å². The molecular formula is C10H19NO3. The molecule has 0 aromatic rings. The summed E-state index contributed by atoms with van der Waals surface area (Å²) in [5.74, 6) is 0. The molecule has 1 saturated carbocycles. The predicted octanol–water partition coefficient (Wildman–Crippen LogP) is -0.673. The van der Waals surface area contributed by atoms with Gasteiger partial charge in [-0.3, -0.25) is 4.90 Å². The van der Waals surface area contributed by atoms with Gasteiger partial charge in [-0.15, -0.1) is 0 Å². The quantitative estimate of drug-likeness (QED) is 0.554. The second kappa shape index (κ2) is 4.14. The molecule has 0 radical (unpaired) electrons. The van der Waals surface area contributed by atoms with Crippen LogP contribution in [-0.2, 0) is 0 Å². The number of aliphatic hydroxyl groups excluding tert-OH is 3. The minimum Gasteiger partial charge on any atom is -0.395 e. The van der Waals surface area contributed by atoms with Crippen LogP contribution in [-0.4, -0.2) is 57.7 Å². The van der Waals surface area contributed by atoms with Crippen molar-refractivity contribution < 1.29 is 15.3 Å². The Morgan fingerprint density at radius 3 is 2.57 bits per heavy atom. The first-order valence-corrected chi connectivity index (χ1v) is 5.45. The molecule has 0 spiro atoms. The first kappa shape index (κ1) is 10.4. The monoisotopic (exact) mass is 201 g/mol. The van der Waals surface area contributed by atoms with E-state index in [1.807, 2.05) is 0 Å². The molecule has 4 atom stereocenters. The third-order valence-corrected chi connectivity index (χ3v) is 3.52. The number of hydrogen-bond donors (Lipinski definition) is 3. The van der Waals surface area contributed by atoms with Crippen molar-refractivity contribution in [3.63, 3.8) is 0 Å². The van der Waals surface area contributed by atoms with Crippen LogP contribution in [0.1, 0.15) is 25.7 Å². The van der Waals surface area contributed by atoms with Crippen molar-refractivity contribution in [1.82, 2.24) is 4.90 Å². The van der Waals surface area contributed by atoms with Gasteiger partial charge in [-0.25, -0.2) is 0 Å². The lowest BCUT2D eigenvalue weighted by atomic mass is 10.1. The fourth-order valence-corrected chi connectivity index (χ4v) is 2.81. The van der Waals surface area contributed by atoms with Gasteiger partial charge in [-0.05, 0) is 25.7 Å². The fraction of sp³-hybridized carbons (Fsp3) is 1.00. The Hall–Kier alpha value is -0.160. The van der Waals surface area contributed by atoms with Gasteiger partial charge in [-0.2, -0.15) is 0 Å². The Balaban J connectivity index is 2.01. The average Bonchev–Trinajstić information content (AvgIpc) is 2.71. The van der Waals surface area contributed by atoms with E-state index in [1.54, 1.807) is 0 Å². The maximum atomic E-state index is 9.74. The zero-order chi connectivity index (χ0) is 10.1. The minimum absolute atomic E-state index is 0.0442. The van der Waals surface area contributed by atoms with Gasteiger partial charge in [0.25, 0.3) is 0 Å². The minimum atomic E-state index is -0.333. The summed E-state index contributed by atoms with van der Waals surface area (Å²) in [6.45, 7) is 0.688. The van der Waals surface area contributed by atoms with Gasteiger partial charge in [0.1, 0.15) is 0 Å². The van der Waals surface area contributed by atoms with Crippen molar-refractivity contribution in [2.24, 2.45) is 0 Å². The van der Waals surface area contributed by atoms with Crippen LogP contribution in [0.4, 0.5) is 0 Å². The third-order valence-electron chi connectivity index (χ3n) is 3.52. The van der Waals surface area contributed by atoms with E-state index in [1.165, 1.54) is 0 Å². The molecule has 1 saturated heterocycles. The maximum Gasteiger partial charge on any atom is 0.0695 e. The third kappa shape index (κ3) is 1.80. The molecule has 0 bridgehead atoms. The standard InChI is InChI=1S/C10H19NO3/c12-6-7-4-8(13)5-11(7)9-2-1-3-10(9)14/h7-10,12-14H,1-6H2/t7?,8?,9-,10-/m0/s1. The normalized spacial score (nSPS) is 44.8. The number of β-amino-alcohol motifs (C(OH)–C–C–N with tert-alkyl or cyclic N) is 1. The van der Waals surface area contributed by atoms with Crippen molar-refractivity contribution in [2.75, 3.05) is 13.2 Å². The molecule has 4 heteroatoms. The lowest BCUT2D eigenvalue weighted by molar-refractivity contribution is 0.0422. The van der Waals surface area contributed by atoms with Crippen LogP contribution < -0.4 is 0 Å². The second-order valence-electron chi connectivity index (χ2n) is 4.49. The molecule has 1 heterocycles. The Morgan fingerprint density at radius 2 is 2.00 bits per heavy atom. The highest BCUT2D eigenvalue weighted by Crippen LogP contribution is 2.30. The van der Waals surface area contributed by atoms with E-state index in [9.17, 15) is 10.2 Å². The largest absolute Gasteiger partial charge is 0.395 e. The predicted molar refractivity (Wildman–Crippen MR) is 51.8 cm³/mol. The molecule has 0 aromatic heterocycles. The van der Waals surface area contributed by atoms with E-state index in [0.29, 0.717) is 13.0 Å². The molecule has 0 aromatic carbocycles. The summed E-state index contributed by atoms with van der Waals surface area (Å²) in [6.07, 6.45) is 2.94. The smallest absolute Gasteiger partial charge is 0.0695 e. The first-order chi connectivity index (χ1) is 6.72. The summed E-state index contributed by atoms with van der Waals surface area (Å²) in [6, 6.07) is 0.201. The molecule has 1 aliphatic carbocycles. The van der Waals surface area contributed by atoms with Gasteiger partial charge in [0.15, 0.2) is 0 Å². The molecular weight excluding hydrogens is 182 g/mol. The molecule has 82 valence electrons. The van der Waals surface area contributed by atoms with Crippen LogP contribution in [0.25, 0.3) is 0 Å². The Kier molecular flexibility index (Phi) is 3.07. The van der Waals surface area contributed by atoms with Crippen molar-refractivity contribution >= 4 is 0 Å². The summed E-state index contributed by atoms with van der Waals surface area (Å²) in [5, 5.41) is 28.4. The summed E-state index contributed by atoms with van der Waals surface area (Å²) in [4.78, 5) is 2.09. The first-order valence-electron chi connectivity index (χ1n) is 5.45. The zero-order valence-corrected chi connectivity index (χ0v) is 8.34. The summed E-state index contributed by atoms with van der Waals surface area (Å²) in [5.41, 5.74) is 0. The highest BCUT2D eigenvalue weighted by Gasteiger charge is 2.39. The number of aliphatic hydroxyl groups is 3. The van der Waals surface area contributed by atoms with Crippen LogP contribution in [0, 0.1) is 0 Å². The topological polar surface area (TPSA) is 63.9 Å². The lowest BCUT2D eigenvalue weighted by Gasteiger charge is -2.31. The summed E-state index contributed by atoms with van der Waals surface area (Å²) >= 11 is 0. The fourth-order valence-electron chi connectivity index (χ4n) is 2.81. The average molecular weight is 201 g/mol. The van der Waals surface area contributed by atoms with Crippen LogP contribution in [0.5, 0.6) is 0 Å². The summed E-state index contributed by atoms with van der Waals surface area (Å²) in [7, 11) is 0. The summed E-state index contributed by atoms with van der Waals surface area (Å²) < 4.78 is 0. The van der Waals surface area contributed by atoms with Crippen molar-refractivity contribution in [1.29, 1.82) is 0 Å². The van der Waals surface area contributed by atoms with Gasteiger partial charge in [0, 0.05) is 18.6 Å². The van der Waals surface area contributed by atoms with Crippen molar-refractivity contribution in [3.05, 3.63) is 0 Å².